The third kappa shape index (κ3) is 2.65. The molecule has 21 heavy (non-hydrogen) atoms. The van der Waals surface area contributed by atoms with Crippen molar-refractivity contribution in [3.05, 3.63) is 42.0 Å². The maximum absolute atomic E-state index is 10.8. The average Bonchev–Trinajstić information content (AvgIpc) is 2.84. The largest absolute Gasteiger partial charge is 0.497 e. The van der Waals surface area contributed by atoms with Crippen LogP contribution in [0.5, 0.6) is 5.75 Å². The lowest BCUT2D eigenvalue weighted by Crippen LogP contribution is -2.24. The van der Waals surface area contributed by atoms with Crippen molar-refractivity contribution in [3.63, 3.8) is 0 Å². The highest BCUT2D eigenvalue weighted by Gasteiger charge is 2.39. The summed E-state index contributed by atoms with van der Waals surface area (Å²) in [6.07, 6.45) is 3.18. The van der Waals surface area contributed by atoms with Crippen molar-refractivity contribution in [1.82, 2.24) is 0 Å². The SMILES string of the molecule is COc1ccc2cc(C(O)C3CCCC3(C)C)ccc2c1. The summed E-state index contributed by atoms with van der Waals surface area (Å²) in [4.78, 5) is 0. The van der Waals surface area contributed by atoms with Gasteiger partial charge in [0, 0.05) is 0 Å². The van der Waals surface area contributed by atoms with Crippen LogP contribution in [0.4, 0.5) is 0 Å². The molecular weight excluding hydrogens is 260 g/mol. The van der Waals surface area contributed by atoms with Gasteiger partial charge in [0.05, 0.1) is 13.2 Å². The Hall–Kier alpha value is -1.54. The van der Waals surface area contributed by atoms with Crippen molar-refractivity contribution >= 4 is 10.8 Å². The van der Waals surface area contributed by atoms with Crippen molar-refractivity contribution in [2.75, 3.05) is 7.11 Å². The highest BCUT2D eigenvalue weighted by molar-refractivity contribution is 5.84. The normalized spacial score (nSPS) is 22.4. The van der Waals surface area contributed by atoms with E-state index in [1.54, 1.807) is 7.11 Å². The Kier molecular flexibility index (Phi) is 3.66. The van der Waals surface area contributed by atoms with E-state index in [1.165, 1.54) is 12.8 Å². The van der Waals surface area contributed by atoms with Gasteiger partial charge in [-0.15, -0.1) is 0 Å². The summed E-state index contributed by atoms with van der Waals surface area (Å²) < 4.78 is 5.26. The zero-order chi connectivity index (χ0) is 15.0. The molecule has 2 unspecified atom stereocenters. The Bertz CT molecular complexity index is 645. The van der Waals surface area contributed by atoms with E-state index in [0.29, 0.717) is 5.92 Å². The van der Waals surface area contributed by atoms with Crippen molar-refractivity contribution in [1.29, 1.82) is 0 Å². The maximum Gasteiger partial charge on any atom is 0.119 e. The summed E-state index contributed by atoms with van der Waals surface area (Å²) in [6, 6.07) is 12.3. The lowest BCUT2D eigenvalue weighted by atomic mass is 9.76. The number of hydrogen-bond acceptors (Lipinski definition) is 2. The monoisotopic (exact) mass is 284 g/mol. The van der Waals surface area contributed by atoms with E-state index in [2.05, 4.69) is 38.1 Å². The first-order chi connectivity index (χ1) is 10.0. The minimum absolute atomic E-state index is 0.230. The fourth-order valence-corrected chi connectivity index (χ4v) is 3.72. The first kappa shape index (κ1) is 14.4. The van der Waals surface area contributed by atoms with Gasteiger partial charge in [-0.05, 0) is 58.7 Å². The molecule has 2 atom stereocenters. The van der Waals surface area contributed by atoms with Crippen LogP contribution in [0, 0.1) is 11.3 Å². The van der Waals surface area contributed by atoms with Crippen LogP contribution in [0.1, 0.15) is 44.8 Å². The molecule has 3 rings (SSSR count). The van der Waals surface area contributed by atoms with Crippen LogP contribution in [0.15, 0.2) is 36.4 Å². The van der Waals surface area contributed by atoms with Crippen molar-refractivity contribution in [2.45, 2.75) is 39.2 Å². The first-order valence-electron chi connectivity index (χ1n) is 7.77. The van der Waals surface area contributed by atoms with Gasteiger partial charge in [0.1, 0.15) is 5.75 Å². The molecule has 0 bridgehead atoms. The lowest BCUT2D eigenvalue weighted by molar-refractivity contribution is 0.0532. The zero-order valence-electron chi connectivity index (χ0n) is 13.1. The van der Waals surface area contributed by atoms with Crippen LogP contribution < -0.4 is 4.74 Å². The summed E-state index contributed by atoms with van der Waals surface area (Å²) in [5, 5.41) is 13.1. The van der Waals surface area contributed by atoms with E-state index in [9.17, 15) is 5.11 Å². The van der Waals surface area contributed by atoms with Crippen molar-refractivity contribution < 1.29 is 9.84 Å². The van der Waals surface area contributed by atoms with E-state index in [0.717, 1.165) is 28.5 Å². The van der Waals surface area contributed by atoms with Gasteiger partial charge < -0.3 is 9.84 Å². The third-order valence-electron chi connectivity index (χ3n) is 5.13. The number of rotatable bonds is 3. The lowest BCUT2D eigenvalue weighted by Gasteiger charge is -2.31. The molecule has 1 aliphatic rings. The first-order valence-corrected chi connectivity index (χ1v) is 7.77. The minimum atomic E-state index is -0.367. The van der Waals surface area contributed by atoms with Gasteiger partial charge in [-0.1, -0.05) is 38.5 Å². The van der Waals surface area contributed by atoms with E-state index in [1.807, 2.05) is 12.1 Å². The summed E-state index contributed by atoms with van der Waals surface area (Å²) in [5.74, 6) is 1.22. The number of ether oxygens (including phenoxy) is 1. The highest BCUT2D eigenvalue weighted by Crippen LogP contribution is 2.48. The number of fused-ring (bicyclic) bond motifs is 1. The summed E-state index contributed by atoms with van der Waals surface area (Å²) in [5.41, 5.74) is 1.27. The Morgan fingerprint density at radius 3 is 2.52 bits per heavy atom. The van der Waals surface area contributed by atoms with Crippen LogP contribution in [0.25, 0.3) is 10.8 Å². The molecule has 0 aromatic heterocycles. The number of methoxy groups -OCH3 is 1. The fourth-order valence-electron chi connectivity index (χ4n) is 3.72. The quantitative estimate of drug-likeness (QED) is 0.884. The molecule has 0 amide bonds. The second-order valence-corrected chi connectivity index (χ2v) is 6.90. The predicted molar refractivity (Wildman–Crippen MR) is 86.6 cm³/mol. The van der Waals surface area contributed by atoms with Crippen molar-refractivity contribution in [2.24, 2.45) is 11.3 Å². The maximum atomic E-state index is 10.8. The van der Waals surface area contributed by atoms with Crippen LogP contribution in [-0.2, 0) is 0 Å². The molecule has 0 saturated heterocycles. The standard InChI is InChI=1S/C19H24O2/c1-19(2)10-4-5-17(19)18(20)15-7-6-14-12-16(21-3)9-8-13(14)11-15/h6-9,11-12,17-18,20H,4-5,10H2,1-3H3. The second kappa shape index (κ2) is 5.34. The molecule has 112 valence electrons. The van der Waals surface area contributed by atoms with E-state index < -0.39 is 0 Å². The molecule has 2 nitrogen and oxygen atoms in total. The Balaban J connectivity index is 1.93. The molecule has 2 aromatic rings. The predicted octanol–water partition coefficient (Wildman–Crippen LogP) is 4.71. The fraction of sp³-hybridized carbons (Fsp3) is 0.474. The van der Waals surface area contributed by atoms with Gasteiger partial charge in [-0.3, -0.25) is 0 Å². The number of aliphatic hydroxyl groups is 1. The summed E-state index contributed by atoms with van der Waals surface area (Å²) in [6.45, 7) is 4.56. The molecule has 1 aliphatic carbocycles. The average molecular weight is 284 g/mol. The Labute approximate surface area is 126 Å². The molecular formula is C19H24O2. The van der Waals surface area contributed by atoms with E-state index in [-0.39, 0.29) is 11.5 Å². The van der Waals surface area contributed by atoms with Crippen molar-refractivity contribution in [3.8, 4) is 5.75 Å². The van der Waals surface area contributed by atoms with Crippen LogP contribution in [0.2, 0.25) is 0 Å². The van der Waals surface area contributed by atoms with Gasteiger partial charge in [-0.2, -0.15) is 0 Å². The zero-order valence-corrected chi connectivity index (χ0v) is 13.1. The van der Waals surface area contributed by atoms with Crippen LogP contribution in [0.3, 0.4) is 0 Å². The van der Waals surface area contributed by atoms with Gasteiger partial charge in [-0.25, -0.2) is 0 Å². The molecule has 1 fully saturated rings. The molecule has 2 heteroatoms. The number of benzene rings is 2. The van der Waals surface area contributed by atoms with Gasteiger partial charge >= 0.3 is 0 Å². The molecule has 0 aliphatic heterocycles. The molecule has 1 saturated carbocycles. The van der Waals surface area contributed by atoms with Crippen LogP contribution >= 0.6 is 0 Å². The minimum Gasteiger partial charge on any atom is -0.497 e. The van der Waals surface area contributed by atoms with Gasteiger partial charge in [0.15, 0.2) is 0 Å². The number of aliphatic hydroxyl groups excluding tert-OH is 1. The van der Waals surface area contributed by atoms with Gasteiger partial charge in [0.2, 0.25) is 0 Å². The number of hydrogen-bond donors (Lipinski definition) is 1. The summed E-state index contributed by atoms with van der Waals surface area (Å²) in [7, 11) is 1.68. The Morgan fingerprint density at radius 1 is 1.14 bits per heavy atom. The molecule has 0 radical (unpaired) electrons. The molecule has 1 N–H and O–H groups in total. The highest BCUT2D eigenvalue weighted by atomic mass is 16.5. The third-order valence-corrected chi connectivity index (χ3v) is 5.13. The van der Waals surface area contributed by atoms with Gasteiger partial charge in [0.25, 0.3) is 0 Å². The van der Waals surface area contributed by atoms with E-state index >= 15 is 0 Å². The topological polar surface area (TPSA) is 29.5 Å². The van der Waals surface area contributed by atoms with E-state index in [4.69, 9.17) is 4.74 Å². The smallest absolute Gasteiger partial charge is 0.119 e. The molecule has 0 heterocycles. The second-order valence-electron chi connectivity index (χ2n) is 6.90. The molecule has 2 aromatic carbocycles. The summed E-state index contributed by atoms with van der Waals surface area (Å²) >= 11 is 0. The Morgan fingerprint density at radius 2 is 1.86 bits per heavy atom. The molecule has 0 spiro atoms. The van der Waals surface area contributed by atoms with Crippen LogP contribution in [-0.4, -0.2) is 12.2 Å².